The number of nitrogens with one attached hydrogen (secondary N) is 3. The van der Waals surface area contributed by atoms with Gasteiger partial charge in [-0.3, -0.25) is 14.6 Å². The van der Waals surface area contributed by atoms with Crippen LogP contribution in [0.3, 0.4) is 0 Å². The van der Waals surface area contributed by atoms with Crippen molar-refractivity contribution in [2.24, 2.45) is 0 Å². The molecule has 0 unspecified atom stereocenters. The summed E-state index contributed by atoms with van der Waals surface area (Å²) in [5, 5.41) is 8.29. The zero-order valence-electron chi connectivity index (χ0n) is 14.5. The van der Waals surface area contributed by atoms with E-state index in [4.69, 9.17) is 0 Å². The van der Waals surface area contributed by atoms with E-state index < -0.39 is 5.82 Å². The number of amides is 2. The molecule has 0 saturated carbocycles. The fourth-order valence-corrected chi connectivity index (χ4v) is 2.43. The molecule has 2 amide bonds. The highest BCUT2D eigenvalue weighted by atomic mass is 19.1. The lowest BCUT2D eigenvalue weighted by atomic mass is 10.2. The van der Waals surface area contributed by atoms with Gasteiger partial charge in [-0.2, -0.15) is 0 Å². The van der Waals surface area contributed by atoms with Crippen LogP contribution in [0.5, 0.6) is 0 Å². The third-order valence-corrected chi connectivity index (χ3v) is 3.59. The van der Waals surface area contributed by atoms with Crippen molar-refractivity contribution < 1.29 is 14.0 Å². The third-order valence-electron chi connectivity index (χ3n) is 3.59. The molecule has 6 nitrogen and oxygen atoms in total. The predicted octanol–water partition coefficient (Wildman–Crippen LogP) is 4.18. The average Bonchev–Trinajstić information content (AvgIpc) is 2.64. The minimum atomic E-state index is -0.401. The van der Waals surface area contributed by atoms with E-state index in [9.17, 15) is 14.0 Å². The Kier molecular flexibility index (Phi) is 5.41. The van der Waals surface area contributed by atoms with E-state index in [2.05, 4.69) is 20.9 Å². The van der Waals surface area contributed by atoms with Crippen molar-refractivity contribution in [2.45, 2.75) is 6.92 Å². The molecule has 3 N–H and O–H groups in total. The quantitative estimate of drug-likeness (QED) is 0.634. The van der Waals surface area contributed by atoms with Gasteiger partial charge < -0.3 is 16.0 Å². The summed E-state index contributed by atoms with van der Waals surface area (Å²) in [5.41, 5.74) is 2.19. The van der Waals surface area contributed by atoms with Gasteiger partial charge in [-0.25, -0.2) is 4.39 Å². The monoisotopic (exact) mass is 364 g/mol. The van der Waals surface area contributed by atoms with E-state index in [0.717, 1.165) is 0 Å². The molecule has 0 saturated heterocycles. The molecule has 3 rings (SSSR count). The Morgan fingerprint density at radius 3 is 2.37 bits per heavy atom. The second kappa shape index (κ2) is 8.09. The molecule has 7 heteroatoms. The summed E-state index contributed by atoms with van der Waals surface area (Å²) < 4.78 is 13.8. The summed E-state index contributed by atoms with van der Waals surface area (Å²) in [4.78, 5) is 27.6. The highest BCUT2D eigenvalue weighted by Crippen LogP contribution is 2.20. The summed E-state index contributed by atoms with van der Waals surface area (Å²) in [7, 11) is 0. The van der Waals surface area contributed by atoms with Gasteiger partial charge in [0.2, 0.25) is 5.91 Å². The molecule has 136 valence electrons. The lowest BCUT2D eigenvalue weighted by molar-refractivity contribution is -0.114. The SMILES string of the molecule is CC(=O)Nc1cccc(NC(=O)c2cncc(Nc3ccccc3F)c2)c1. The van der Waals surface area contributed by atoms with E-state index in [0.29, 0.717) is 28.3 Å². The number of carbonyl (C=O) groups excluding carboxylic acids is 2. The first-order valence-corrected chi connectivity index (χ1v) is 8.17. The molecule has 0 aliphatic carbocycles. The summed E-state index contributed by atoms with van der Waals surface area (Å²) in [6, 6.07) is 14.6. The number of hydrogen-bond donors (Lipinski definition) is 3. The molecule has 0 radical (unpaired) electrons. The number of anilines is 4. The van der Waals surface area contributed by atoms with Crippen molar-refractivity contribution in [1.82, 2.24) is 4.98 Å². The van der Waals surface area contributed by atoms with Crippen molar-refractivity contribution in [3.8, 4) is 0 Å². The largest absolute Gasteiger partial charge is 0.352 e. The second-order valence-electron chi connectivity index (χ2n) is 5.78. The molecule has 2 aromatic carbocycles. The maximum absolute atomic E-state index is 13.8. The molecule has 0 aliphatic rings. The Balaban J connectivity index is 1.74. The van der Waals surface area contributed by atoms with Crippen LogP contribution in [-0.2, 0) is 4.79 Å². The Morgan fingerprint density at radius 1 is 0.889 bits per heavy atom. The van der Waals surface area contributed by atoms with Gasteiger partial charge in [0, 0.05) is 24.5 Å². The summed E-state index contributed by atoms with van der Waals surface area (Å²) in [5.74, 6) is -0.976. The summed E-state index contributed by atoms with van der Waals surface area (Å²) in [6.45, 7) is 1.41. The number of benzene rings is 2. The Hall–Kier alpha value is -3.74. The van der Waals surface area contributed by atoms with Gasteiger partial charge in [0.1, 0.15) is 5.82 Å². The molecule has 3 aromatic rings. The van der Waals surface area contributed by atoms with Crippen molar-refractivity contribution in [2.75, 3.05) is 16.0 Å². The van der Waals surface area contributed by atoms with Gasteiger partial charge in [0.05, 0.1) is 23.1 Å². The fourth-order valence-electron chi connectivity index (χ4n) is 2.43. The van der Waals surface area contributed by atoms with Gasteiger partial charge in [-0.1, -0.05) is 18.2 Å². The Bertz CT molecular complexity index is 991. The minimum Gasteiger partial charge on any atom is -0.352 e. The number of rotatable bonds is 5. The average molecular weight is 364 g/mol. The highest BCUT2D eigenvalue weighted by molar-refractivity contribution is 6.05. The molecule has 0 spiro atoms. The van der Waals surface area contributed by atoms with Crippen molar-refractivity contribution in [1.29, 1.82) is 0 Å². The van der Waals surface area contributed by atoms with E-state index in [-0.39, 0.29) is 11.8 Å². The van der Waals surface area contributed by atoms with Crippen LogP contribution in [0.1, 0.15) is 17.3 Å². The highest BCUT2D eigenvalue weighted by Gasteiger charge is 2.09. The smallest absolute Gasteiger partial charge is 0.257 e. The van der Waals surface area contributed by atoms with Crippen LogP contribution >= 0.6 is 0 Å². The first-order chi connectivity index (χ1) is 13.0. The first kappa shape index (κ1) is 18.1. The standard InChI is InChI=1S/C20H17FN4O2/c1-13(26)23-15-5-4-6-16(10-15)25-20(27)14-9-17(12-22-11-14)24-19-8-3-2-7-18(19)21/h2-12,24H,1H3,(H,23,26)(H,25,27). The van der Waals surface area contributed by atoms with Gasteiger partial charge in [-0.05, 0) is 36.4 Å². The zero-order chi connectivity index (χ0) is 19.2. The topological polar surface area (TPSA) is 83.1 Å². The van der Waals surface area contributed by atoms with Crippen LogP contribution in [0.15, 0.2) is 67.0 Å². The van der Waals surface area contributed by atoms with Crippen molar-refractivity contribution >= 4 is 34.6 Å². The zero-order valence-corrected chi connectivity index (χ0v) is 14.5. The van der Waals surface area contributed by atoms with Gasteiger partial charge in [0.15, 0.2) is 0 Å². The van der Waals surface area contributed by atoms with Crippen LogP contribution in [-0.4, -0.2) is 16.8 Å². The van der Waals surface area contributed by atoms with Crippen LogP contribution in [0.4, 0.5) is 27.1 Å². The number of halogens is 1. The minimum absolute atomic E-state index is 0.199. The number of aromatic nitrogens is 1. The molecule has 1 heterocycles. The van der Waals surface area contributed by atoms with Crippen molar-refractivity contribution in [3.05, 3.63) is 78.4 Å². The molecular weight excluding hydrogens is 347 g/mol. The number of hydrogen-bond acceptors (Lipinski definition) is 4. The Labute approximate surface area is 155 Å². The van der Waals surface area contributed by atoms with Crippen LogP contribution in [0.25, 0.3) is 0 Å². The Morgan fingerprint density at radius 2 is 1.63 bits per heavy atom. The van der Waals surface area contributed by atoms with E-state index in [1.165, 1.54) is 25.4 Å². The van der Waals surface area contributed by atoms with Crippen LogP contribution < -0.4 is 16.0 Å². The number of pyridine rings is 1. The summed E-state index contributed by atoms with van der Waals surface area (Å²) in [6.07, 6.45) is 2.92. The first-order valence-electron chi connectivity index (χ1n) is 8.17. The predicted molar refractivity (Wildman–Crippen MR) is 103 cm³/mol. The maximum Gasteiger partial charge on any atom is 0.257 e. The molecule has 0 fully saturated rings. The lowest BCUT2D eigenvalue weighted by Gasteiger charge is -2.10. The van der Waals surface area contributed by atoms with Crippen LogP contribution in [0.2, 0.25) is 0 Å². The number of nitrogens with zero attached hydrogens (tertiary/aromatic N) is 1. The normalized spacial score (nSPS) is 10.1. The van der Waals surface area contributed by atoms with E-state index >= 15 is 0 Å². The number of carbonyl (C=O) groups is 2. The molecule has 0 atom stereocenters. The molecule has 27 heavy (non-hydrogen) atoms. The van der Waals surface area contributed by atoms with Gasteiger partial charge in [-0.15, -0.1) is 0 Å². The maximum atomic E-state index is 13.8. The third kappa shape index (κ3) is 4.88. The summed E-state index contributed by atoms with van der Waals surface area (Å²) >= 11 is 0. The van der Waals surface area contributed by atoms with Gasteiger partial charge >= 0.3 is 0 Å². The fraction of sp³-hybridized carbons (Fsp3) is 0.0500. The lowest BCUT2D eigenvalue weighted by Crippen LogP contribution is -2.13. The molecule has 0 bridgehead atoms. The van der Waals surface area contributed by atoms with Crippen molar-refractivity contribution in [3.63, 3.8) is 0 Å². The molecule has 1 aromatic heterocycles. The molecular formula is C20H17FN4O2. The van der Waals surface area contributed by atoms with E-state index in [1.807, 2.05) is 0 Å². The number of para-hydroxylation sites is 1. The van der Waals surface area contributed by atoms with Gasteiger partial charge in [0.25, 0.3) is 5.91 Å². The molecule has 0 aliphatic heterocycles. The van der Waals surface area contributed by atoms with E-state index in [1.54, 1.807) is 48.5 Å². The van der Waals surface area contributed by atoms with Crippen LogP contribution in [0, 0.1) is 5.82 Å². The second-order valence-corrected chi connectivity index (χ2v) is 5.78.